The summed E-state index contributed by atoms with van der Waals surface area (Å²) in [7, 11) is 0. The maximum atomic E-state index is 12.1. The second-order valence-electron chi connectivity index (χ2n) is 5.41. The monoisotopic (exact) mass is 305 g/mol. The summed E-state index contributed by atoms with van der Waals surface area (Å²) in [6.45, 7) is 7.16. The van der Waals surface area contributed by atoms with Crippen LogP contribution in [0.5, 0.6) is 0 Å². The molecule has 2 heterocycles. The van der Waals surface area contributed by atoms with E-state index in [1.165, 1.54) is 0 Å². The molecular weight excluding hydrogens is 286 g/mol. The maximum absolute atomic E-state index is 12.1. The third kappa shape index (κ3) is 3.16. The fourth-order valence-corrected chi connectivity index (χ4v) is 3.35. The summed E-state index contributed by atoms with van der Waals surface area (Å²) in [4.78, 5) is 18.9. The summed E-state index contributed by atoms with van der Waals surface area (Å²) >= 11 is 1.63. The number of amides is 1. The molecule has 6 heteroatoms. The van der Waals surface area contributed by atoms with Crippen molar-refractivity contribution >= 4 is 32.6 Å². The van der Waals surface area contributed by atoms with Gasteiger partial charge >= 0.3 is 0 Å². The van der Waals surface area contributed by atoms with Gasteiger partial charge in [-0.2, -0.15) is 0 Å². The van der Waals surface area contributed by atoms with Crippen LogP contribution in [0, 0.1) is 0 Å². The molecule has 0 spiro atoms. The molecule has 21 heavy (non-hydrogen) atoms. The van der Waals surface area contributed by atoms with E-state index in [9.17, 15) is 4.79 Å². The lowest BCUT2D eigenvalue weighted by molar-refractivity contribution is 0.0943. The molecule has 3 rings (SSSR count). The molecule has 5 nitrogen and oxygen atoms in total. The Morgan fingerprint density at radius 1 is 1.38 bits per heavy atom. The van der Waals surface area contributed by atoms with Crippen molar-refractivity contribution < 1.29 is 9.53 Å². The van der Waals surface area contributed by atoms with Crippen LogP contribution >= 0.6 is 11.3 Å². The van der Waals surface area contributed by atoms with Gasteiger partial charge in [-0.15, -0.1) is 0 Å². The molecule has 0 radical (unpaired) electrons. The molecule has 1 N–H and O–H groups in total. The van der Waals surface area contributed by atoms with Gasteiger partial charge in [0.2, 0.25) is 0 Å². The summed E-state index contributed by atoms with van der Waals surface area (Å²) < 4.78 is 6.41. The Morgan fingerprint density at radius 2 is 2.14 bits per heavy atom. The van der Waals surface area contributed by atoms with Crippen LogP contribution in [0.15, 0.2) is 18.2 Å². The van der Waals surface area contributed by atoms with E-state index in [2.05, 4.69) is 15.2 Å². The third-order valence-corrected chi connectivity index (χ3v) is 4.42. The molecular formula is C15H19N3O2S. The van der Waals surface area contributed by atoms with Gasteiger partial charge in [0.1, 0.15) is 0 Å². The van der Waals surface area contributed by atoms with Crippen molar-refractivity contribution in [2.24, 2.45) is 0 Å². The lowest BCUT2D eigenvalue weighted by Gasteiger charge is -2.25. The minimum absolute atomic E-state index is 0.0341. The molecule has 1 aliphatic rings. The van der Waals surface area contributed by atoms with Gasteiger partial charge < -0.3 is 15.0 Å². The summed E-state index contributed by atoms with van der Waals surface area (Å²) in [5.74, 6) is -0.0341. The highest BCUT2D eigenvalue weighted by Crippen LogP contribution is 2.30. The van der Waals surface area contributed by atoms with Crippen molar-refractivity contribution in [2.75, 3.05) is 31.2 Å². The molecule has 1 fully saturated rings. The molecule has 1 aliphatic heterocycles. The number of ether oxygens (including phenoxy) is 1. The molecule has 1 amide bonds. The molecule has 0 unspecified atom stereocenters. The second kappa shape index (κ2) is 5.99. The number of aromatic nitrogens is 1. The van der Waals surface area contributed by atoms with Crippen LogP contribution in [-0.2, 0) is 4.74 Å². The number of rotatable bonds is 3. The van der Waals surface area contributed by atoms with Crippen LogP contribution in [0.25, 0.3) is 10.2 Å². The van der Waals surface area contributed by atoms with Crippen molar-refractivity contribution in [3.8, 4) is 0 Å². The van der Waals surface area contributed by atoms with Crippen molar-refractivity contribution in [3.63, 3.8) is 0 Å². The van der Waals surface area contributed by atoms with Gasteiger partial charge in [-0.3, -0.25) is 4.79 Å². The molecule has 1 aromatic carbocycles. The zero-order chi connectivity index (χ0) is 14.8. The van der Waals surface area contributed by atoms with Gasteiger partial charge in [0.15, 0.2) is 5.13 Å². The summed E-state index contributed by atoms with van der Waals surface area (Å²) in [5, 5.41) is 3.92. The van der Waals surface area contributed by atoms with E-state index in [-0.39, 0.29) is 11.9 Å². The number of anilines is 1. The summed E-state index contributed by atoms with van der Waals surface area (Å²) in [5.41, 5.74) is 1.64. The minimum atomic E-state index is -0.0341. The van der Waals surface area contributed by atoms with E-state index < -0.39 is 0 Å². The number of carbonyl (C=O) groups is 1. The SMILES string of the molecule is CC(C)NC(=O)c1ccc2nc(N3CCOCC3)sc2c1. The Labute approximate surface area is 127 Å². The lowest BCUT2D eigenvalue weighted by Crippen LogP contribution is -2.36. The topological polar surface area (TPSA) is 54.5 Å². The Morgan fingerprint density at radius 3 is 2.86 bits per heavy atom. The highest BCUT2D eigenvalue weighted by Gasteiger charge is 2.16. The van der Waals surface area contributed by atoms with Crippen LogP contribution in [-0.4, -0.2) is 43.2 Å². The number of hydrogen-bond donors (Lipinski definition) is 1. The van der Waals surface area contributed by atoms with Crippen molar-refractivity contribution in [3.05, 3.63) is 23.8 Å². The van der Waals surface area contributed by atoms with Crippen LogP contribution < -0.4 is 10.2 Å². The fraction of sp³-hybridized carbons (Fsp3) is 0.467. The Hall–Kier alpha value is -1.66. The third-order valence-electron chi connectivity index (χ3n) is 3.34. The van der Waals surface area contributed by atoms with E-state index >= 15 is 0 Å². The Kier molecular flexibility index (Phi) is 4.07. The quantitative estimate of drug-likeness (QED) is 0.945. The van der Waals surface area contributed by atoms with Gasteiger partial charge in [-0.1, -0.05) is 11.3 Å². The van der Waals surface area contributed by atoms with Gasteiger partial charge in [-0.05, 0) is 32.0 Å². The lowest BCUT2D eigenvalue weighted by atomic mass is 10.2. The number of nitrogens with zero attached hydrogens (tertiary/aromatic N) is 2. The first-order chi connectivity index (χ1) is 10.1. The van der Waals surface area contributed by atoms with E-state index in [1.54, 1.807) is 11.3 Å². The zero-order valence-corrected chi connectivity index (χ0v) is 13.1. The number of hydrogen-bond acceptors (Lipinski definition) is 5. The number of morpholine rings is 1. The molecule has 1 saturated heterocycles. The predicted molar refractivity (Wildman–Crippen MR) is 85.3 cm³/mol. The average Bonchev–Trinajstić information content (AvgIpc) is 2.90. The Balaban J connectivity index is 1.86. The standard InChI is InChI=1S/C15H19N3O2S/c1-10(2)16-14(19)11-3-4-12-13(9-11)21-15(17-12)18-5-7-20-8-6-18/h3-4,9-10H,5-8H2,1-2H3,(H,16,19). The molecule has 0 aliphatic carbocycles. The summed E-state index contributed by atoms with van der Waals surface area (Å²) in [6, 6.07) is 5.82. The van der Waals surface area contributed by atoms with Crippen LogP contribution in [0.3, 0.4) is 0 Å². The number of benzene rings is 1. The van der Waals surface area contributed by atoms with Gasteiger partial charge in [0.05, 0.1) is 23.4 Å². The van der Waals surface area contributed by atoms with E-state index in [4.69, 9.17) is 4.74 Å². The number of nitrogens with one attached hydrogen (secondary N) is 1. The second-order valence-corrected chi connectivity index (χ2v) is 6.42. The number of thiazole rings is 1. The van der Waals surface area contributed by atoms with Gasteiger partial charge in [0.25, 0.3) is 5.91 Å². The smallest absolute Gasteiger partial charge is 0.251 e. The van der Waals surface area contributed by atoms with Crippen LogP contribution in [0.4, 0.5) is 5.13 Å². The molecule has 2 aromatic rings. The zero-order valence-electron chi connectivity index (χ0n) is 12.3. The van der Waals surface area contributed by atoms with E-state index in [0.29, 0.717) is 5.56 Å². The van der Waals surface area contributed by atoms with E-state index in [1.807, 2.05) is 32.0 Å². The summed E-state index contributed by atoms with van der Waals surface area (Å²) in [6.07, 6.45) is 0. The first kappa shape index (κ1) is 14.3. The van der Waals surface area contributed by atoms with Crippen molar-refractivity contribution in [1.82, 2.24) is 10.3 Å². The number of carbonyl (C=O) groups excluding carboxylic acids is 1. The fourth-order valence-electron chi connectivity index (χ4n) is 2.29. The molecule has 1 aromatic heterocycles. The van der Waals surface area contributed by atoms with E-state index in [0.717, 1.165) is 41.7 Å². The first-order valence-electron chi connectivity index (χ1n) is 7.17. The molecule has 0 atom stereocenters. The highest BCUT2D eigenvalue weighted by atomic mass is 32.1. The largest absolute Gasteiger partial charge is 0.378 e. The van der Waals surface area contributed by atoms with Crippen molar-refractivity contribution in [1.29, 1.82) is 0 Å². The highest BCUT2D eigenvalue weighted by molar-refractivity contribution is 7.22. The molecule has 0 saturated carbocycles. The molecule has 112 valence electrons. The first-order valence-corrected chi connectivity index (χ1v) is 7.99. The van der Waals surface area contributed by atoms with Crippen molar-refractivity contribution in [2.45, 2.75) is 19.9 Å². The average molecular weight is 305 g/mol. The molecule has 0 bridgehead atoms. The van der Waals surface area contributed by atoms with Gasteiger partial charge in [-0.25, -0.2) is 4.98 Å². The number of fused-ring (bicyclic) bond motifs is 1. The van der Waals surface area contributed by atoms with Crippen LogP contribution in [0.1, 0.15) is 24.2 Å². The van der Waals surface area contributed by atoms with Gasteiger partial charge in [0, 0.05) is 24.7 Å². The van der Waals surface area contributed by atoms with Crippen LogP contribution in [0.2, 0.25) is 0 Å². The Bertz CT molecular complexity index is 647. The maximum Gasteiger partial charge on any atom is 0.251 e. The minimum Gasteiger partial charge on any atom is -0.378 e. The predicted octanol–water partition coefficient (Wildman–Crippen LogP) is 2.27. The normalized spacial score (nSPS) is 15.7.